The summed E-state index contributed by atoms with van der Waals surface area (Å²) in [5.41, 5.74) is -3.44. The van der Waals surface area contributed by atoms with E-state index in [1.807, 2.05) is 0 Å². The first kappa shape index (κ1) is 18.0. The highest BCUT2D eigenvalue weighted by Gasteiger charge is 2.37. The van der Waals surface area contributed by atoms with Crippen LogP contribution in [-0.4, -0.2) is 9.85 Å². The predicted octanol–water partition coefficient (Wildman–Crippen LogP) is 5.33. The summed E-state index contributed by atoms with van der Waals surface area (Å²) in [5.74, 6) is 0. The van der Waals surface area contributed by atoms with Crippen LogP contribution in [-0.2, 0) is 6.18 Å². The molecule has 0 N–H and O–H groups in total. The van der Waals surface area contributed by atoms with Crippen LogP contribution in [0.4, 0.5) is 24.5 Å². The molecule has 0 fully saturated rings. The first-order chi connectivity index (χ1) is 11.1. The molecule has 0 saturated heterocycles. The average Bonchev–Trinajstić information content (AvgIpc) is 2.48. The van der Waals surface area contributed by atoms with E-state index < -0.39 is 37.9 Å². The quantitative estimate of drug-likeness (QED) is 0.530. The summed E-state index contributed by atoms with van der Waals surface area (Å²) in [6.45, 7) is 0. The molecule has 2 aromatic carbocycles. The third kappa shape index (κ3) is 3.95. The van der Waals surface area contributed by atoms with Gasteiger partial charge in [-0.1, -0.05) is 23.4 Å². The van der Waals surface area contributed by atoms with Crippen molar-refractivity contribution in [3.8, 4) is 0 Å². The Balaban J connectivity index is 2.65. The summed E-state index contributed by atoms with van der Waals surface area (Å²) in [5, 5.41) is 22.6. The van der Waals surface area contributed by atoms with Crippen molar-refractivity contribution in [1.29, 1.82) is 0 Å². The van der Waals surface area contributed by atoms with Crippen LogP contribution in [0.15, 0.2) is 46.2 Å². The van der Waals surface area contributed by atoms with Crippen LogP contribution in [0.25, 0.3) is 0 Å². The lowest BCUT2D eigenvalue weighted by atomic mass is 10.1. The number of hydrogen-bond donors (Lipinski definition) is 0. The monoisotopic (exact) mass is 378 g/mol. The highest BCUT2D eigenvalue weighted by Crippen LogP contribution is 2.45. The summed E-state index contributed by atoms with van der Waals surface area (Å²) < 4.78 is 38.4. The Bertz CT molecular complexity index is 777. The van der Waals surface area contributed by atoms with E-state index in [-0.39, 0.29) is 12.1 Å². The van der Waals surface area contributed by atoms with Gasteiger partial charge in [0.15, 0.2) is 4.90 Å². The minimum atomic E-state index is -4.95. The molecule has 0 radical (unpaired) electrons. The molecule has 0 atom stereocenters. The number of benzene rings is 2. The lowest BCUT2D eigenvalue weighted by Gasteiger charge is -2.09. The number of hydrogen-bond acceptors (Lipinski definition) is 5. The summed E-state index contributed by atoms with van der Waals surface area (Å²) in [4.78, 5) is 19.9. The first-order valence-corrected chi connectivity index (χ1v) is 7.26. The molecule has 0 unspecified atom stereocenters. The van der Waals surface area contributed by atoms with Gasteiger partial charge in [0.05, 0.1) is 15.4 Å². The van der Waals surface area contributed by atoms with Gasteiger partial charge in [-0.15, -0.1) is 0 Å². The third-order valence-corrected chi connectivity index (χ3v) is 4.19. The Kier molecular flexibility index (Phi) is 4.99. The maximum absolute atomic E-state index is 12.8. The number of nitro benzene ring substituents is 2. The van der Waals surface area contributed by atoms with Crippen LogP contribution in [0.1, 0.15) is 5.56 Å². The minimum absolute atomic E-state index is 0.283. The predicted molar refractivity (Wildman–Crippen MR) is 80.3 cm³/mol. The van der Waals surface area contributed by atoms with Crippen molar-refractivity contribution >= 4 is 34.7 Å². The molecule has 24 heavy (non-hydrogen) atoms. The van der Waals surface area contributed by atoms with Crippen LogP contribution in [0, 0.1) is 20.2 Å². The Morgan fingerprint density at radius 2 is 1.42 bits per heavy atom. The fourth-order valence-corrected chi connectivity index (χ4v) is 2.87. The van der Waals surface area contributed by atoms with Gasteiger partial charge >= 0.3 is 6.18 Å². The smallest absolute Gasteiger partial charge is 0.258 e. The van der Waals surface area contributed by atoms with E-state index in [0.717, 1.165) is 0 Å². The lowest BCUT2D eigenvalue weighted by molar-refractivity contribution is -0.400. The Morgan fingerprint density at radius 1 is 0.958 bits per heavy atom. The lowest BCUT2D eigenvalue weighted by Crippen LogP contribution is -2.08. The molecule has 2 aromatic rings. The van der Waals surface area contributed by atoms with Crippen molar-refractivity contribution in [2.24, 2.45) is 0 Å². The van der Waals surface area contributed by atoms with Crippen molar-refractivity contribution < 1.29 is 23.0 Å². The number of rotatable bonds is 4. The van der Waals surface area contributed by atoms with Crippen LogP contribution < -0.4 is 0 Å². The summed E-state index contributed by atoms with van der Waals surface area (Å²) in [6.07, 6.45) is -4.95. The highest BCUT2D eigenvalue weighted by molar-refractivity contribution is 7.99. The molecule has 0 aliphatic rings. The summed E-state index contributed by atoms with van der Waals surface area (Å²) >= 11 is 6.31. The standard InChI is InChI=1S/C13H6ClF3N2O4S/c14-8-1-3-9(4-2-8)24-12-10(18(20)21)5-7(13(15,16)17)6-11(12)19(22)23/h1-6H. The van der Waals surface area contributed by atoms with Gasteiger partial charge in [-0.2, -0.15) is 13.2 Å². The van der Waals surface area contributed by atoms with E-state index in [1.165, 1.54) is 24.3 Å². The molecule has 0 aromatic heterocycles. The maximum atomic E-state index is 12.8. The van der Waals surface area contributed by atoms with Gasteiger partial charge in [0, 0.05) is 22.1 Å². The molecule has 2 rings (SSSR count). The second kappa shape index (κ2) is 6.65. The van der Waals surface area contributed by atoms with E-state index in [2.05, 4.69) is 0 Å². The molecule has 0 heterocycles. The van der Waals surface area contributed by atoms with Gasteiger partial charge < -0.3 is 0 Å². The SMILES string of the molecule is O=[N+]([O-])c1cc(C(F)(F)F)cc([N+](=O)[O-])c1Sc1ccc(Cl)cc1. The van der Waals surface area contributed by atoms with E-state index in [1.54, 1.807) is 0 Å². The zero-order chi connectivity index (χ0) is 18.1. The van der Waals surface area contributed by atoms with E-state index >= 15 is 0 Å². The van der Waals surface area contributed by atoms with Crippen molar-refractivity contribution in [1.82, 2.24) is 0 Å². The molecule has 6 nitrogen and oxygen atoms in total. The zero-order valence-electron chi connectivity index (χ0n) is 11.4. The minimum Gasteiger partial charge on any atom is -0.258 e. The van der Waals surface area contributed by atoms with Gasteiger partial charge in [-0.25, -0.2) is 0 Å². The second-order valence-electron chi connectivity index (χ2n) is 4.41. The van der Waals surface area contributed by atoms with Crippen LogP contribution in [0.5, 0.6) is 0 Å². The Morgan fingerprint density at radius 3 is 1.79 bits per heavy atom. The van der Waals surface area contributed by atoms with Gasteiger partial charge in [-0.3, -0.25) is 20.2 Å². The molecule has 0 amide bonds. The van der Waals surface area contributed by atoms with Crippen LogP contribution >= 0.6 is 23.4 Å². The number of halogens is 4. The second-order valence-corrected chi connectivity index (χ2v) is 5.93. The van der Waals surface area contributed by atoms with Crippen molar-refractivity contribution in [2.45, 2.75) is 16.0 Å². The topological polar surface area (TPSA) is 86.3 Å². The normalized spacial score (nSPS) is 11.3. The van der Waals surface area contributed by atoms with Gasteiger partial charge in [0.25, 0.3) is 11.4 Å². The van der Waals surface area contributed by atoms with E-state index in [4.69, 9.17) is 11.6 Å². The molecule has 0 aliphatic carbocycles. The van der Waals surface area contributed by atoms with Crippen molar-refractivity contribution in [3.05, 3.63) is 67.2 Å². The average molecular weight is 379 g/mol. The zero-order valence-corrected chi connectivity index (χ0v) is 13.0. The molecule has 0 spiro atoms. The molecular weight excluding hydrogens is 373 g/mol. The fourth-order valence-electron chi connectivity index (χ4n) is 1.76. The molecule has 0 saturated carbocycles. The fraction of sp³-hybridized carbons (Fsp3) is 0.0769. The van der Waals surface area contributed by atoms with E-state index in [0.29, 0.717) is 21.7 Å². The van der Waals surface area contributed by atoms with Gasteiger partial charge in [0.2, 0.25) is 0 Å². The van der Waals surface area contributed by atoms with Crippen LogP contribution in [0.2, 0.25) is 5.02 Å². The molecular formula is C13H6ClF3N2O4S. The molecule has 11 heteroatoms. The number of nitro groups is 2. The van der Waals surface area contributed by atoms with Crippen molar-refractivity contribution in [2.75, 3.05) is 0 Å². The molecule has 0 bridgehead atoms. The molecule has 126 valence electrons. The van der Waals surface area contributed by atoms with Crippen LogP contribution in [0.3, 0.4) is 0 Å². The summed E-state index contributed by atoms with van der Waals surface area (Å²) in [6, 6.07) is 6.35. The van der Waals surface area contributed by atoms with Gasteiger partial charge in [0.1, 0.15) is 0 Å². The summed E-state index contributed by atoms with van der Waals surface area (Å²) in [7, 11) is 0. The third-order valence-electron chi connectivity index (χ3n) is 2.80. The van der Waals surface area contributed by atoms with E-state index in [9.17, 15) is 33.4 Å². The number of nitrogens with zero attached hydrogens (tertiary/aromatic N) is 2. The van der Waals surface area contributed by atoms with Crippen molar-refractivity contribution in [3.63, 3.8) is 0 Å². The largest absolute Gasteiger partial charge is 0.416 e. The maximum Gasteiger partial charge on any atom is 0.416 e. The first-order valence-electron chi connectivity index (χ1n) is 6.07. The molecule has 0 aliphatic heterocycles. The number of alkyl halides is 3. The Labute approximate surface area is 141 Å². The highest BCUT2D eigenvalue weighted by atomic mass is 35.5. The van der Waals surface area contributed by atoms with Gasteiger partial charge in [-0.05, 0) is 24.3 Å². The Hall–Kier alpha value is -2.33.